The Kier molecular flexibility index (Phi) is 21.0. The average molecular weight is 337 g/mol. The fraction of sp³-hybridized carbons (Fsp3) is 1.00. The van der Waals surface area contributed by atoms with E-state index < -0.39 is 8.80 Å². The van der Waals surface area contributed by atoms with Crippen LogP contribution in [0.1, 0.15) is 64.7 Å². The first kappa shape index (κ1) is 24.3. The molecule has 0 aromatic rings. The van der Waals surface area contributed by atoms with E-state index in [9.17, 15) is 0 Å². The number of rotatable bonds is 14. The Bertz CT molecular complexity index is 196. The van der Waals surface area contributed by atoms with E-state index in [1.54, 1.807) is 21.3 Å². The molecule has 0 unspecified atom stereocenters. The van der Waals surface area contributed by atoms with Gasteiger partial charge in [-0.3, -0.25) is 0 Å². The number of nitrogens with two attached hydrogens (primary N) is 2. The Morgan fingerprint density at radius 2 is 1.00 bits per heavy atom. The van der Waals surface area contributed by atoms with Gasteiger partial charge in [-0.05, 0) is 6.42 Å². The van der Waals surface area contributed by atoms with Crippen molar-refractivity contribution in [3.05, 3.63) is 0 Å². The number of hydrogen-bond acceptors (Lipinski definition) is 5. The van der Waals surface area contributed by atoms with Crippen LogP contribution in [-0.4, -0.2) is 43.2 Å². The van der Waals surface area contributed by atoms with Crippen LogP contribution in [0.3, 0.4) is 0 Å². The molecule has 0 saturated carbocycles. The molecular weight excluding hydrogens is 296 g/mol. The van der Waals surface area contributed by atoms with E-state index in [0.29, 0.717) is 13.1 Å². The summed E-state index contributed by atoms with van der Waals surface area (Å²) in [6.07, 6.45) is 12.0. The number of hydrogen-bond donors (Lipinski definition) is 2. The fourth-order valence-electron chi connectivity index (χ4n) is 2.21. The third kappa shape index (κ3) is 14.9. The van der Waals surface area contributed by atoms with Crippen molar-refractivity contribution in [1.29, 1.82) is 0 Å². The molecule has 0 rings (SSSR count). The van der Waals surface area contributed by atoms with Crippen molar-refractivity contribution >= 4 is 8.80 Å². The standard InChI is InChI=1S/C14H32O3Si.C2H8N2/c1-5-6-7-8-9-10-11-12-13-14-18(15-2,16-3)17-4;3-1-2-4/h5-14H2,1-4H3;1-4H2. The second-order valence-corrected chi connectivity index (χ2v) is 8.54. The van der Waals surface area contributed by atoms with E-state index in [0.717, 1.165) is 12.5 Å². The highest BCUT2D eigenvalue weighted by molar-refractivity contribution is 6.60. The van der Waals surface area contributed by atoms with Gasteiger partial charge in [-0.15, -0.1) is 0 Å². The summed E-state index contributed by atoms with van der Waals surface area (Å²) in [6, 6.07) is 0.937. The summed E-state index contributed by atoms with van der Waals surface area (Å²) in [5, 5.41) is 0. The van der Waals surface area contributed by atoms with Crippen LogP contribution in [0.5, 0.6) is 0 Å². The molecule has 22 heavy (non-hydrogen) atoms. The van der Waals surface area contributed by atoms with E-state index >= 15 is 0 Å². The Morgan fingerprint density at radius 1 is 0.636 bits per heavy atom. The summed E-state index contributed by atoms with van der Waals surface area (Å²) in [5.74, 6) is 0. The first-order valence-electron chi connectivity index (χ1n) is 8.71. The van der Waals surface area contributed by atoms with Crippen molar-refractivity contribution in [2.75, 3.05) is 34.4 Å². The summed E-state index contributed by atoms with van der Waals surface area (Å²) >= 11 is 0. The van der Waals surface area contributed by atoms with Crippen LogP contribution in [0, 0.1) is 0 Å². The largest absolute Gasteiger partial charge is 0.500 e. The molecule has 0 bridgehead atoms. The van der Waals surface area contributed by atoms with Crippen LogP contribution >= 0.6 is 0 Å². The Hall–Kier alpha value is 0.0169. The van der Waals surface area contributed by atoms with Crippen LogP contribution in [-0.2, 0) is 13.3 Å². The third-order valence-electron chi connectivity index (χ3n) is 3.69. The summed E-state index contributed by atoms with van der Waals surface area (Å²) in [6.45, 7) is 3.46. The predicted molar refractivity (Wildman–Crippen MR) is 96.9 cm³/mol. The molecule has 4 N–H and O–H groups in total. The third-order valence-corrected chi connectivity index (χ3v) is 6.52. The lowest BCUT2D eigenvalue weighted by Crippen LogP contribution is -2.42. The van der Waals surface area contributed by atoms with Crippen molar-refractivity contribution in [1.82, 2.24) is 0 Å². The van der Waals surface area contributed by atoms with Crippen molar-refractivity contribution in [2.24, 2.45) is 11.5 Å². The zero-order valence-corrected chi connectivity index (χ0v) is 16.4. The van der Waals surface area contributed by atoms with Gasteiger partial charge in [0, 0.05) is 40.5 Å². The lowest BCUT2D eigenvalue weighted by molar-refractivity contribution is 0.122. The molecule has 136 valence electrons. The molecule has 0 radical (unpaired) electrons. The lowest BCUT2D eigenvalue weighted by atomic mass is 10.1. The molecule has 0 aliphatic rings. The van der Waals surface area contributed by atoms with Gasteiger partial charge in [0.2, 0.25) is 0 Å². The highest BCUT2D eigenvalue weighted by Crippen LogP contribution is 2.18. The topological polar surface area (TPSA) is 79.7 Å². The summed E-state index contributed by atoms with van der Waals surface area (Å²) in [5.41, 5.74) is 9.81. The molecule has 0 atom stereocenters. The van der Waals surface area contributed by atoms with Gasteiger partial charge in [0.25, 0.3) is 0 Å². The maximum atomic E-state index is 5.40. The fourth-order valence-corrected chi connectivity index (χ4v) is 4.00. The highest BCUT2D eigenvalue weighted by atomic mass is 28.4. The van der Waals surface area contributed by atoms with Crippen LogP contribution in [0.25, 0.3) is 0 Å². The van der Waals surface area contributed by atoms with Crippen LogP contribution in [0.2, 0.25) is 6.04 Å². The van der Waals surface area contributed by atoms with Gasteiger partial charge >= 0.3 is 8.80 Å². The molecule has 6 heteroatoms. The van der Waals surface area contributed by atoms with Crippen LogP contribution in [0.4, 0.5) is 0 Å². The Morgan fingerprint density at radius 3 is 1.32 bits per heavy atom. The van der Waals surface area contributed by atoms with Gasteiger partial charge in [-0.25, -0.2) is 0 Å². The SMILES string of the molecule is CCCCCCCCCCC[Si](OC)(OC)OC.NCCN. The maximum absolute atomic E-state index is 5.40. The van der Waals surface area contributed by atoms with Gasteiger partial charge in [0.1, 0.15) is 0 Å². The van der Waals surface area contributed by atoms with E-state index in [4.69, 9.17) is 24.7 Å². The molecule has 0 heterocycles. The van der Waals surface area contributed by atoms with Gasteiger partial charge in [0.15, 0.2) is 0 Å². The molecule has 0 aliphatic carbocycles. The molecule has 0 aliphatic heterocycles. The molecule has 0 fully saturated rings. The zero-order valence-electron chi connectivity index (χ0n) is 15.4. The molecular formula is C16H40N2O3Si. The molecule has 0 aromatic heterocycles. The summed E-state index contributed by atoms with van der Waals surface area (Å²) in [7, 11) is 2.76. The smallest absolute Gasteiger partial charge is 0.377 e. The molecule has 0 aromatic carbocycles. The minimum absolute atomic E-state index is 0.597. The zero-order chi connectivity index (χ0) is 17.1. The highest BCUT2D eigenvalue weighted by Gasteiger charge is 2.36. The Balaban J connectivity index is 0. The van der Waals surface area contributed by atoms with E-state index in [1.165, 1.54) is 51.4 Å². The first-order valence-corrected chi connectivity index (χ1v) is 10.6. The second-order valence-electron chi connectivity index (χ2n) is 5.45. The quantitative estimate of drug-likeness (QED) is 0.376. The first-order chi connectivity index (χ1) is 10.7. The molecule has 5 nitrogen and oxygen atoms in total. The van der Waals surface area contributed by atoms with Gasteiger partial charge in [-0.1, -0.05) is 58.3 Å². The molecule has 0 spiro atoms. The minimum Gasteiger partial charge on any atom is -0.377 e. The predicted octanol–water partition coefficient (Wildman–Crippen LogP) is 3.30. The molecule has 0 saturated heterocycles. The summed E-state index contributed by atoms with van der Waals surface area (Å²) in [4.78, 5) is 0. The van der Waals surface area contributed by atoms with Crippen molar-refractivity contribution in [3.63, 3.8) is 0 Å². The van der Waals surface area contributed by atoms with Crippen molar-refractivity contribution in [3.8, 4) is 0 Å². The normalized spacial score (nSPS) is 11.2. The van der Waals surface area contributed by atoms with Gasteiger partial charge in [-0.2, -0.15) is 0 Å². The van der Waals surface area contributed by atoms with E-state index in [2.05, 4.69) is 6.92 Å². The second kappa shape index (κ2) is 19.1. The summed E-state index contributed by atoms with van der Waals surface area (Å²) < 4.78 is 16.2. The van der Waals surface area contributed by atoms with Crippen molar-refractivity contribution in [2.45, 2.75) is 70.8 Å². The van der Waals surface area contributed by atoms with Crippen LogP contribution < -0.4 is 11.5 Å². The van der Waals surface area contributed by atoms with Gasteiger partial charge < -0.3 is 24.7 Å². The van der Waals surface area contributed by atoms with Crippen LogP contribution in [0.15, 0.2) is 0 Å². The van der Waals surface area contributed by atoms with Gasteiger partial charge in [0.05, 0.1) is 0 Å². The molecule has 0 amide bonds. The van der Waals surface area contributed by atoms with E-state index in [1.807, 2.05) is 0 Å². The Labute approximate surface area is 139 Å². The monoisotopic (exact) mass is 336 g/mol. The van der Waals surface area contributed by atoms with Crippen molar-refractivity contribution < 1.29 is 13.3 Å². The average Bonchev–Trinajstić information content (AvgIpc) is 2.57. The lowest BCUT2D eigenvalue weighted by Gasteiger charge is -2.24. The number of unbranched alkanes of at least 4 members (excludes halogenated alkanes) is 8. The maximum Gasteiger partial charge on any atom is 0.500 e. The van der Waals surface area contributed by atoms with E-state index in [-0.39, 0.29) is 0 Å². The minimum atomic E-state index is -2.30.